The Kier molecular flexibility index (Phi) is 5.23. The van der Waals surface area contributed by atoms with Crippen molar-refractivity contribution in [3.05, 3.63) is 60.2 Å². The molecule has 0 radical (unpaired) electrons. The van der Waals surface area contributed by atoms with Crippen LogP contribution in [0.5, 0.6) is 5.75 Å². The molecule has 3 rings (SSSR count). The van der Waals surface area contributed by atoms with Crippen LogP contribution in [0.4, 0.5) is 5.69 Å². The van der Waals surface area contributed by atoms with Crippen molar-refractivity contribution < 1.29 is 14.7 Å². The molecule has 0 saturated carbocycles. The largest absolute Gasteiger partial charge is 0.508 e. The Balaban J connectivity index is 1.53. The lowest BCUT2D eigenvalue weighted by Crippen LogP contribution is -2.35. The highest BCUT2D eigenvalue weighted by molar-refractivity contribution is 6.07. The number of rotatable bonds is 5. The first kappa shape index (κ1) is 17.2. The van der Waals surface area contributed by atoms with Crippen LogP contribution in [0.15, 0.2) is 64.7 Å². The Morgan fingerprint density at radius 3 is 2.65 bits per heavy atom. The average Bonchev–Trinajstić information content (AvgIpc) is 2.97. The first-order valence-corrected chi connectivity index (χ1v) is 7.92. The van der Waals surface area contributed by atoms with Crippen LogP contribution in [0.1, 0.15) is 12.0 Å². The van der Waals surface area contributed by atoms with Gasteiger partial charge in [-0.05, 0) is 42.0 Å². The fraction of sp³-hybridized carbons (Fsp3) is 0.111. The van der Waals surface area contributed by atoms with Crippen molar-refractivity contribution in [1.29, 1.82) is 0 Å². The van der Waals surface area contributed by atoms with Gasteiger partial charge in [0.2, 0.25) is 11.9 Å². The molecule has 2 aromatic carbocycles. The molecule has 4 N–H and O–H groups in total. The monoisotopic (exact) mass is 351 g/mol. The van der Waals surface area contributed by atoms with Gasteiger partial charge in [0.05, 0.1) is 12.6 Å². The normalized spacial score (nSPS) is 16.2. The summed E-state index contributed by atoms with van der Waals surface area (Å²) in [5.41, 5.74) is 4.05. The molecule has 0 spiro atoms. The minimum Gasteiger partial charge on any atom is -0.508 e. The number of hydrazone groups is 1. The molecule has 0 aromatic heterocycles. The fourth-order valence-corrected chi connectivity index (χ4v) is 2.28. The first-order valence-electron chi connectivity index (χ1n) is 7.92. The van der Waals surface area contributed by atoms with Crippen molar-refractivity contribution in [2.45, 2.75) is 12.5 Å². The van der Waals surface area contributed by atoms with E-state index in [9.17, 15) is 14.7 Å². The molecule has 132 valence electrons. The third-order valence-corrected chi connectivity index (χ3v) is 3.54. The number of carbonyl (C=O) groups excluding carboxylic acids is 2. The Bertz CT molecular complexity index is 847. The number of nitrogens with zero attached hydrogens (tertiary/aromatic N) is 2. The summed E-state index contributed by atoms with van der Waals surface area (Å²) in [4.78, 5) is 28.1. The Labute approximate surface area is 149 Å². The molecule has 2 aromatic rings. The highest BCUT2D eigenvalue weighted by Crippen LogP contribution is 2.10. The van der Waals surface area contributed by atoms with Crippen molar-refractivity contribution >= 4 is 29.7 Å². The molecule has 1 aliphatic rings. The second-order valence-electron chi connectivity index (χ2n) is 5.56. The number of nitrogens with one attached hydrogen (secondary N) is 3. The Morgan fingerprint density at radius 1 is 1.19 bits per heavy atom. The van der Waals surface area contributed by atoms with Crippen LogP contribution in [0, 0.1) is 0 Å². The first-order chi connectivity index (χ1) is 12.6. The number of anilines is 1. The van der Waals surface area contributed by atoms with Crippen molar-refractivity contribution in [3.63, 3.8) is 0 Å². The smallest absolute Gasteiger partial charge is 0.252 e. The molecular formula is C18H17N5O3. The summed E-state index contributed by atoms with van der Waals surface area (Å²) in [6, 6.07) is 14.6. The van der Waals surface area contributed by atoms with Crippen LogP contribution in [0.2, 0.25) is 0 Å². The number of phenolic OH excluding ortho intramolecular Hbond substituents is 1. The zero-order valence-corrected chi connectivity index (χ0v) is 13.7. The summed E-state index contributed by atoms with van der Waals surface area (Å²) >= 11 is 0. The zero-order chi connectivity index (χ0) is 18.4. The van der Waals surface area contributed by atoms with Crippen LogP contribution in [0.3, 0.4) is 0 Å². The summed E-state index contributed by atoms with van der Waals surface area (Å²) in [7, 11) is 0. The summed E-state index contributed by atoms with van der Waals surface area (Å²) in [6.07, 6.45) is 1.46. The van der Waals surface area contributed by atoms with Crippen LogP contribution in [-0.4, -0.2) is 35.1 Å². The molecule has 0 aliphatic carbocycles. The van der Waals surface area contributed by atoms with Gasteiger partial charge in [0.1, 0.15) is 11.8 Å². The Hall–Kier alpha value is -3.68. The van der Waals surface area contributed by atoms with E-state index in [0.29, 0.717) is 5.69 Å². The summed E-state index contributed by atoms with van der Waals surface area (Å²) in [5.74, 6) is -0.314. The van der Waals surface area contributed by atoms with Gasteiger partial charge in [-0.2, -0.15) is 5.10 Å². The lowest BCUT2D eigenvalue weighted by Gasteiger charge is -2.06. The minimum atomic E-state index is -0.801. The van der Waals surface area contributed by atoms with Gasteiger partial charge in [-0.25, -0.2) is 10.4 Å². The topological polar surface area (TPSA) is 115 Å². The summed E-state index contributed by atoms with van der Waals surface area (Å²) < 4.78 is 0. The number of guanidine groups is 1. The molecule has 0 saturated heterocycles. The van der Waals surface area contributed by atoms with E-state index in [2.05, 4.69) is 26.2 Å². The predicted molar refractivity (Wildman–Crippen MR) is 97.9 cm³/mol. The van der Waals surface area contributed by atoms with Crippen LogP contribution in [0.25, 0.3) is 0 Å². The van der Waals surface area contributed by atoms with Gasteiger partial charge >= 0.3 is 0 Å². The lowest BCUT2D eigenvalue weighted by molar-refractivity contribution is -0.123. The molecule has 1 heterocycles. The zero-order valence-electron chi connectivity index (χ0n) is 13.7. The number of phenols is 1. The molecule has 2 amide bonds. The molecule has 0 fully saturated rings. The predicted octanol–water partition coefficient (Wildman–Crippen LogP) is 1.20. The quantitative estimate of drug-likeness (QED) is 0.478. The molecule has 0 unspecified atom stereocenters. The maximum absolute atomic E-state index is 12.0. The van der Waals surface area contributed by atoms with Gasteiger partial charge < -0.3 is 10.4 Å². The number of hydrogen-bond donors (Lipinski definition) is 4. The van der Waals surface area contributed by atoms with Crippen LogP contribution in [-0.2, 0) is 9.59 Å². The lowest BCUT2D eigenvalue weighted by atomic mass is 10.2. The second kappa shape index (κ2) is 7.93. The van der Waals surface area contributed by atoms with E-state index in [0.717, 1.165) is 5.56 Å². The molecule has 1 atom stereocenters. The SMILES string of the molecule is O=C(C[C@@H]1N=C(N/N=C\c2ccc(O)cc2)NC1=O)Nc1ccccc1. The van der Waals surface area contributed by atoms with E-state index in [4.69, 9.17) is 0 Å². The van der Waals surface area contributed by atoms with E-state index < -0.39 is 6.04 Å². The standard InChI is InChI=1S/C18H17N5O3/c24-14-8-6-12(7-9-14)11-19-23-18-21-15(17(26)22-18)10-16(25)20-13-4-2-1-3-5-13/h1-9,11,15,24H,10H2,(H,20,25)(H2,21,22,23,26)/b19-11-/t15-/m0/s1. The summed E-state index contributed by atoms with van der Waals surface area (Å²) in [6.45, 7) is 0. The van der Waals surface area contributed by atoms with Crippen molar-refractivity contribution in [2.24, 2.45) is 10.1 Å². The number of aromatic hydroxyl groups is 1. The van der Waals surface area contributed by atoms with Gasteiger partial charge in [-0.3, -0.25) is 14.9 Å². The van der Waals surface area contributed by atoms with E-state index >= 15 is 0 Å². The van der Waals surface area contributed by atoms with Gasteiger partial charge in [0.25, 0.3) is 5.91 Å². The van der Waals surface area contributed by atoms with Crippen molar-refractivity contribution in [2.75, 3.05) is 5.32 Å². The van der Waals surface area contributed by atoms with Gasteiger partial charge in [-0.1, -0.05) is 18.2 Å². The number of carbonyl (C=O) groups is 2. The number of hydrogen-bond acceptors (Lipinski definition) is 6. The maximum Gasteiger partial charge on any atom is 0.252 e. The fourth-order valence-electron chi connectivity index (χ4n) is 2.28. The van der Waals surface area contributed by atoms with E-state index in [-0.39, 0.29) is 29.9 Å². The van der Waals surface area contributed by atoms with Crippen LogP contribution >= 0.6 is 0 Å². The molecule has 8 heteroatoms. The van der Waals surface area contributed by atoms with Gasteiger partial charge in [0.15, 0.2) is 0 Å². The molecule has 0 bridgehead atoms. The van der Waals surface area contributed by atoms with Gasteiger partial charge in [-0.15, -0.1) is 0 Å². The average molecular weight is 351 g/mol. The molecule has 26 heavy (non-hydrogen) atoms. The second-order valence-corrected chi connectivity index (χ2v) is 5.56. The molecule has 1 aliphatic heterocycles. The molecule has 8 nitrogen and oxygen atoms in total. The van der Waals surface area contributed by atoms with Crippen molar-refractivity contribution in [1.82, 2.24) is 10.7 Å². The Morgan fingerprint density at radius 2 is 1.92 bits per heavy atom. The van der Waals surface area contributed by atoms with Gasteiger partial charge in [0, 0.05) is 5.69 Å². The number of amides is 2. The van der Waals surface area contributed by atoms with Crippen LogP contribution < -0.4 is 16.1 Å². The number of aliphatic imine (C=N–C) groups is 1. The number of benzene rings is 2. The van der Waals surface area contributed by atoms with Crippen molar-refractivity contribution in [3.8, 4) is 5.75 Å². The maximum atomic E-state index is 12.0. The summed E-state index contributed by atoms with van der Waals surface area (Å²) in [5, 5.41) is 18.4. The third kappa shape index (κ3) is 4.67. The van der Waals surface area contributed by atoms with E-state index in [1.165, 1.54) is 18.3 Å². The van der Waals surface area contributed by atoms with E-state index in [1.54, 1.807) is 24.3 Å². The minimum absolute atomic E-state index is 0.0619. The van der Waals surface area contributed by atoms with E-state index in [1.807, 2.05) is 18.2 Å². The third-order valence-electron chi connectivity index (χ3n) is 3.54. The molecular weight excluding hydrogens is 334 g/mol. The number of para-hydroxylation sites is 1. The highest BCUT2D eigenvalue weighted by Gasteiger charge is 2.28. The highest BCUT2D eigenvalue weighted by atomic mass is 16.3.